The highest BCUT2D eigenvalue weighted by molar-refractivity contribution is 5.82. The van der Waals surface area contributed by atoms with E-state index in [1.54, 1.807) is 36.4 Å². The molecular weight excluding hydrogens is 460 g/mol. The summed E-state index contributed by atoms with van der Waals surface area (Å²) < 4.78 is 55.7. The number of nitrogens with zero attached hydrogens (tertiary/aromatic N) is 4. The molecule has 0 amide bonds. The smallest absolute Gasteiger partial charge is 0.371 e. The first kappa shape index (κ1) is 22.8. The molecule has 0 N–H and O–H groups in total. The van der Waals surface area contributed by atoms with Crippen molar-refractivity contribution in [2.45, 2.75) is 19.0 Å². The summed E-state index contributed by atoms with van der Waals surface area (Å²) in [5.41, 5.74) is -0.165. The molecule has 0 saturated carbocycles. The van der Waals surface area contributed by atoms with Crippen LogP contribution in [0.25, 0.3) is 22.3 Å². The molecule has 3 aromatic carbocycles. The Morgan fingerprint density at radius 2 is 1.71 bits per heavy atom. The first-order chi connectivity index (χ1) is 16.8. The monoisotopic (exact) mass is 480 g/mol. The van der Waals surface area contributed by atoms with Crippen LogP contribution < -0.4 is 10.5 Å². The van der Waals surface area contributed by atoms with Gasteiger partial charge in [0, 0.05) is 29.9 Å². The Hall–Kier alpha value is -4.01. The van der Waals surface area contributed by atoms with E-state index in [-0.39, 0.29) is 22.3 Å². The highest BCUT2D eigenvalue weighted by Crippen LogP contribution is 2.32. The van der Waals surface area contributed by atoms with Gasteiger partial charge in [0.15, 0.2) is 5.82 Å². The Labute approximate surface area is 198 Å². The van der Waals surface area contributed by atoms with E-state index in [9.17, 15) is 22.4 Å². The molecule has 5 nitrogen and oxygen atoms in total. The maximum atomic E-state index is 14.8. The number of para-hydroxylation sites is 1. The molecule has 4 aromatic rings. The first-order valence-electron chi connectivity index (χ1n) is 11.1. The minimum Gasteiger partial charge on any atom is -0.371 e. The molecule has 1 aliphatic rings. The van der Waals surface area contributed by atoms with Crippen LogP contribution in [0.3, 0.4) is 0 Å². The third-order valence-corrected chi connectivity index (χ3v) is 5.97. The lowest BCUT2D eigenvalue weighted by atomic mass is 10.1. The van der Waals surface area contributed by atoms with Gasteiger partial charge in [-0.2, -0.15) is 22.9 Å². The standard InChI is InChI=1S/C26H20F4N4O/c27-22-15-20(33-12-3-4-13-33)11-10-18(22)16-31-34-24(17-6-5-7-19(14-17)26(28,29)30)32-23-9-2-1-8-21(23)25(34)35/h1-2,5-11,14-16H,3-4,12-13H2. The van der Waals surface area contributed by atoms with E-state index in [0.29, 0.717) is 5.52 Å². The molecule has 0 spiro atoms. The van der Waals surface area contributed by atoms with Crippen LogP contribution in [0.15, 0.2) is 76.6 Å². The third kappa shape index (κ3) is 4.53. The molecule has 2 heterocycles. The van der Waals surface area contributed by atoms with Crippen LogP contribution in [0.5, 0.6) is 0 Å². The average Bonchev–Trinajstić information content (AvgIpc) is 3.39. The summed E-state index contributed by atoms with van der Waals surface area (Å²) in [5.74, 6) is -0.592. The van der Waals surface area contributed by atoms with Gasteiger partial charge in [0.1, 0.15) is 5.82 Å². The lowest BCUT2D eigenvalue weighted by Gasteiger charge is -2.17. The van der Waals surface area contributed by atoms with E-state index in [1.807, 2.05) is 0 Å². The molecule has 0 aliphatic carbocycles. The fourth-order valence-corrected chi connectivity index (χ4v) is 4.16. The van der Waals surface area contributed by atoms with E-state index in [4.69, 9.17) is 0 Å². The summed E-state index contributed by atoms with van der Waals surface area (Å²) in [4.78, 5) is 19.7. The van der Waals surface area contributed by atoms with Crippen molar-refractivity contribution in [3.8, 4) is 11.4 Å². The molecule has 1 saturated heterocycles. The van der Waals surface area contributed by atoms with Crippen molar-refractivity contribution in [2.24, 2.45) is 5.10 Å². The molecule has 0 bridgehead atoms. The topological polar surface area (TPSA) is 50.5 Å². The quantitative estimate of drug-likeness (QED) is 0.278. The van der Waals surface area contributed by atoms with Crippen molar-refractivity contribution >= 4 is 22.8 Å². The zero-order valence-electron chi connectivity index (χ0n) is 18.5. The Bertz CT molecular complexity index is 1490. The molecule has 0 unspecified atom stereocenters. The second-order valence-electron chi connectivity index (χ2n) is 8.29. The number of halogens is 4. The number of benzene rings is 3. The summed E-state index contributed by atoms with van der Waals surface area (Å²) in [6, 6.07) is 15.8. The Morgan fingerprint density at radius 3 is 2.46 bits per heavy atom. The molecule has 0 radical (unpaired) electrons. The Balaban J connectivity index is 1.61. The van der Waals surface area contributed by atoms with Gasteiger partial charge in [0.25, 0.3) is 5.56 Å². The maximum absolute atomic E-state index is 14.8. The summed E-state index contributed by atoms with van der Waals surface area (Å²) in [7, 11) is 0. The highest BCUT2D eigenvalue weighted by Gasteiger charge is 2.31. The van der Waals surface area contributed by atoms with Crippen molar-refractivity contribution < 1.29 is 17.6 Å². The van der Waals surface area contributed by atoms with Gasteiger partial charge in [-0.3, -0.25) is 4.79 Å². The molecule has 0 atom stereocenters. The molecular formula is C26H20F4N4O. The van der Waals surface area contributed by atoms with Gasteiger partial charge >= 0.3 is 6.18 Å². The van der Waals surface area contributed by atoms with Crippen LogP contribution in [-0.2, 0) is 6.18 Å². The fourth-order valence-electron chi connectivity index (χ4n) is 4.16. The van der Waals surface area contributed by atoms with Crippen molar-refractivity contribution in [3.63, 3.8) is 0 Å². The van der Waals surface area contributed by atoms with Crippen molar-refractivity contribution in [1.82, 2.24) is 9.66 Å². The van der Waals surface area contributed by atoms with Crippen LogP contribution in [0.2, 0.25) is 0 Å². The molecule has 1 aromatic heterocycles. The van der Waals surface area contributed by atoms with E-state index < -0.39 is 23.1 Å². The number of hydrogen-bond acceptors (Lipinski definition) is 4. The summed E-state index contributed by atoms with van der Waals surface area (Å²) in [5, 5.41) is 4.41. The van der Waals surface area contributed by atoms with Gasteiger partial charge in [-0.15, -0.1) is 0 Å². The van der Waals surface area contributed by atoms with Crippen LogP contribution >= 0.6 is 0 Å². The number of rotatable bonds is 4. The summed E-state index contributed by atoms with van der Waals surface area (Å²) in [6.45, 7) is 1.73. The van der Waals surface area contributed by atoms with Gasteiger partial charge in [0.05, 0.1) is 22.7 Å². The van der Waals surface area contributed by atoms with Gasteiger partial charge in [-0.25, -0.2) is 9.37 Å². The van der Waals surface area contributed by atoms with Gasteiger partial charge < -0.3 is 4.90 Å². The number of anilines is 1. The third-order valence-electron chi connectivity index (χ3n) is 5.97. The van der Waals surface area contributed by atoms with Crippen LogP contribution in [0, 0.1) is 5.82 Å². The van der Waals surface area contributed by atoms with E-state index >= 15 is 0 Å². The zero-order valence-corrected chi connectivity index (χ0v) is 18.5. The lowest BCUT2D eigenvalue weighted by molar-refractivity contribution is -0.137. The molecule has 178 valence electrons. The van der Waals surface area contributed by atoms with Gasteiger partial charge in [0.2, 0.25) is 0 Å². The largest absolute Gasteiger partial charge is 0.416 e. The zero-order chi connectivity index (χ0) is 24.6. The molecule has 1 fully saturated rings. The Morgan fingerprint density at radius 1 is 0.943 bits per heavy atom. The SMILES string of the molecule is O=c1c2ccccc2nc(-c2cccc(C(F)(F)F)c2)n1N=Cc1ccc(N2CCCC2)cc1F. The molecule has 5 rings (SSSR count). The van der Waals surface area contributed by atoms with E-state index in [1.165, 1.54) is 24.4 Å². The minimum atomic E-state index is -4.57. The van der Waals surface area contributed by atoms with Crippen LogP contribution in [0.1, 0.15) is 24.0 Å². The van der Waals surface area contributed by atoms with Gasteiger partial charge in [-0.05, 0) is 55.3 Å². The van der Waals surface area contributed by atoms with E-state index in [0.717, 1.165) is 48.4 Å². The Kier molecular flexibility index (Phi) is 5.84. The van der Waals surface area contributed by atoms with Crippen LogP contribution in [-0.4, -0.2) is 29.0 Å². The van der Waals surface area contributed by atoms with E-state index in [2.05, 4.69) is 15.0 Å². The predicted octanol–water partition coefficient (Wildman–Crippen LogP) is 5.70. The maximum Gasteiger partial charge on any atom is 0.416 e. The van der Waals surface area contributed by atoms with Crippen molar-refractivity contribution in [3.05, 3.63) is 94.0 Å². The average molecular weight is 480 g/mol. The fraction of sp³-hybridized carbons (Fsp3) is 0.192. The van der Waals surface area contributed by atoms with Crippen molar-refractivity contribution in [2.75, 3.05) is 18.0 Å². The molecule has 9 heteroatoms. The number of alkyl halides is 3. The summed E-state index contributed by atoms with van der Waals surface area (Å²) in [6.07, 6.45) is -1.28. The predicted molar refractivity (Wildman–Crippen MR) is 127 cm³/mol. The molecule has 35 heavy (non-hydrogen) atoms. The molecule has 1 aliphatic heterocycles. The lowest BCUT2D eigenvalue weighted by Crippen LogP contribution is -2.20. The van der Waals surface area contributed by atoms with Crippen molar-refractivity contribution in [1.29, 1.82) is 0 Å². The minimum absolute atomic E-state index is 0.0599. The van der Waals surface area contributed by atoms with Gasteiger partial charge in [-0.1, -0.05) is 24.3 Å². The van der Waals surface area contributed by atoms with Crippen LogP contribution in [0.4, 0.5) is 23.2 Å². The summed E-state index contributed by atoms with van der Waals surface area (Å²) >= 11 is 0. The highest BCUT2D eigenvalue weighted by atomic mass is 19.4. The first-order valence-corrected chi connectivity index (χ1v) is 11.1. The number of aromatic nitrogens is 2. The second-order valence-corrected chi connectivity index (χ2v) is 8.29. The normalized spacial score (nSPS) is 14.3. The second kappa shape index (κ2) is 8.98. The number of hydrogen-bond donors (Lipinski definition) is 0. The number of fused-ring (bicyclic) bond motifs is 1.